The third-order valence-corrected chi connectivity index (χ3v) is 4.76. The number of nitrogens with one attached hydrogen (secondary N) is 2. The Morgan fingerprint density at radius 2 is 1.77 bits per heavy atom. The highest BCUT2D eigenvalue weighted by molar-refractivity contribution is 8.00. The smallest absolute Gasteiger partial charge is 0.325 e. The highest BCUT2D eigenvalue weighted by atomic mass is 32.2. The van der Waals surface area contributed by atoms with Gasteiger partial charge in [-0.05, 0) is 37.3 Å². The zero-order valence-corrected chi connectivity index (χ0v) is 15.2. The summed E-state index contributed by atoms with van der Waals surface area (Å²) in [6.45, 7) is 2.99. The minimum Gasteiger partial charge on any atom is -0.490 e. The Morgan fingerprint density at radius 1 is 1.04 bits per heavy atom. The number of anilines is 1. The van der Waals surface area contributed by atoms with Crippen LogP contribution in [0.15, 0.2) is 53.4 Å². The van der Waals surface area contributed by atoms with E-state index in [0.717, 1.165) is 11.3 Å². The fourth-order valence-corrected chi connectivity index (χ4v) is 3.27. The summed E-state index contributed by atoms with van der Waals surface area (Å²) in [6, 6.07) is 14.0. The van der Waals surface area contributed by atoms with E-state index in [-0.39, 0.29) is 5.91 Å². The molecular formula is C19H20N2O4S. The molecule has 0 bridgehead atoms. The molecule has 136 valence electrons. The maximum Gasteiger partial charge on any atom is 0.325 e. The fourth-order valence-electron chi connectivity index (χ4n) is 2.37. The van der Waals surface area contributed by atoms with Crippen molar-refractivity contribution in [3.05, 3.63) is 48.5 Å². The van der Waals surface area contributed by atoms with Gasteiger partial charge in [0, 0.05) is 17.0 Å². The Balaban J connectivity index is 1.55. The molecule has 1 unspecified atom stereocenters. The van der Waals surface area contributed by atoms with Crippen LogP contribution in [-0.4, -0.2) is 30.4 Å². The summed E-state index contributed by atoms with van der Waals surface area (Å²) in [7, 11) is 0. The molecule has 1 aliphatic heterocycles. The van der Waals surface area contributed by atoms with Crippen LogP contribution in [0.25, 0.3) is 0 Å². The first-order valence-electron chi connectivity index (χ1n) is 8.35. The van der Waals surface area contributed by atoms with Gasteiger partial charge in [-0.2, -0.15) is 0 Å². The van der Waals surface area contributed by atoms with E-state index in [1.54, 1.807) is 31.2 Å². The average Bonchev–Trinajstić information content (AvgIpc) is 2.87. The second-order valence-corrected chi connectivity index (χ2v) is 7.14. The summed E-state index contributed by atoms with van der Waals surface area (Å²) < 4.78 is 11.3. The topological polar surface area (TPSA) is 76.7 Å². The molecule has 1 heterocycles. The number of thioether (sulfide) groups is 1. The van der Waals surface area contributed by atoms with Crippen LogP contribution < -0.4 is 20.1 Å². The van der Waals surface area contributed by atoms with Gasteiger partial charge < -0.3 is 14.8 Å². The molecule has 26 heavy (non-hydrogen) atoms. The van der Waals surface area contributed by atoms with E-state index < -0.39 is 11.3 Å². The Hall–Kier alpha value is -2.67. The molecule has 0 radical (unpaired) electrons. The molecular weight excluding hydrogens is 352 g/mol. The number of hydrogen-bond acceptors (Lipinski definition) is 5. The molecule has 2 aromatic carbocycles. The molecule has 0 aromatic heterocycles. The zero-order valence-electron chi connectivity index (χ0n) is 14.4. The van der Waals surface area contributed by atoms with Crippen LogP contribution in [0.4, 0.5) is 10.5 Å². The Bertz CT molecular complexity index is 782. The maximum atomic E-state index is 12.2. The summed E-state index contributed by atoms with van der Waals surface area (Å²) in [5, 5.41) is 4.53. The van der Waals surface area contributed by atoms with Crippen molar-refractivity contribution in [3.63, 3.8) is 0 Å². The predicted octanol–water partition coefficient (Wildman–Crippen LogP) is 3.68. The molecule has 6 nitrogen and oxygen atoms in total. The van der Waals surface area contributed by atoms with Crippen LogP contribution >= 0.6 is 11.8 Å². The molecule has 0 saturated heterocycles. The Kier molecular flexibility index (Phi) is 6.01. The third kappa shape index (κ3) is 4.92. The molecule has 2 aromatic rings. The van der Waals surface area contributed by atoms with Crippen LogP contribution in [0.3, 0.4) is 0 Å². The summed E-state index contributed by atoms with van der Waals surface area (Å²) in [4.78, 5) is 25.0. The van der Waals surface area contributed by atoms with E-state index >= 15 is 0 Å². The Labute approximate surface area is 156 Å². The Morgan fingerprint density at radius 3 is 2.54 bits per heavy atom. The molecule has 0 spiro atoms. The van der Waals surface area contributed by atoms with Gasteiger partial charge in [-0.3, -0.25) is 10.1 Å². The van der Waals surface area contributed by atoms with Gasteiger partial charge in [0.15, 0.2) is 11.5 Å². The lowest BCUT2D eigenvalue weighted by molar-refractivity contribution is -0.119. The van der Waals surface area contributed by atoms with Crippen LogP contribution in [0, 0.1) is 0 Å². The normalized spacial score (nSPS) is 14.0. The first kappa shape index (κ1) is 18.1. The summed E-state index contributed by atoms with van der Waals surface area (Å²) in [5.74, 6) is 1.03. The van der Waals surface area contributed by atoms with E-state index in [1.807, 2.05) is 24.3 Å². The third-order valence-electron chi connectivity index (χ3n) is 3.67. The monoisotopic (exact) mass is 372 g/mol. The van der Waals surface area contributed by atoms with E-state index in [9.17, 15) is 9.59 Å². The number of imide groups is 1. The summed E-state index contributed by atoms with van der Waals surface area (Å²) in [5.41, 5.74) is 0.626. The molecule has 1 atom stereocenters. The fraction of sp³-hybridized carbons (Fsp3) is 0.263. The second kappa shape index (κ2) is 8.62. The lowest BCUT2D eigenvalue weighted by Gasteiger charge is -2.13. The van der Waals surface area contributed by atoms with Crippen molar-refractivity contribution in [2.75, 3.05) is 18.5 Å². The zero-order chi connectivity index (χ0) is 18.4. The average molecular weight is 372 g/mol. The molecule has 3 amide bonds. The number of fused-ring (bicyclic) bond motifs is 1. The number of para-hydroxylation sites is 1. The second-order valence-electron chi connectivity index (χ2n) is 5.73. The minimum atomic E-state index is -0.549. The van der Waals surface area contributed by atoms with Crippen LogP contribution in [-0.2, 0) is 4.79 Å². The number of hydrogen-bond donors (Lipinski definition) is 2. The van der Waals surface area contributed by atoms with Crippen molar-refractivity contribution in [3.8, 4) is 11.5 Å². The predicted molar refractivity (Wildman–Crippen MR) is 101 cm³/mol. The van der Waals surface area contributed by atoms with Crippen LogP contribution in [0.5, 0.6) is 11.5 Å². The number of carbonyl (C=O) groups excluding carboxylic acids is 2. The van der Waals surface area contributed by atoms with Crippen molar-refractivity contribution >= 4 is 29.4 Å². The van der Waals surface area contributed by atoms with E-state index in [4.69, 9.17) is 9.47 Å². The van der Waals surface area contributed by atoms with E-state index in [1.165, 1.54) is 11.8 Å². The van der Waals surface area contributed by atoms with E-state index in [0.29, 0.717) is 30.4 Å². The van der Waals surface area contributed by atoms with Gasteiger partial charge in [-0.15, -0.1) is 11.8 Å². The molecule has 7 heteroatoms. The molecule has 2 N–H and O–H groups in total. The van der Waals surface area contributed by atoms with Gasteiger partial charge in [-0.25, -0.2) is 4.79 Å². The SMILES string of the molecule is CC(Sc1ccc2c(c1)OCCCO2)C(=O)NC(=O)Nc1ccccc1. The largest absolute Gasteiger partial charge is 0.490 e. The first-order valence-corrected chi connectivity index (χ1v) is 9.23. The van der Waals surface area contributed by atoms with Crippen molar-refractivity contribution in [2.24, 2.45) is 0 Å². The van der Waals surface area contributed by atoms with Gasteiger partial charge in [0.25, 0.3) is 0 Å². The van der Waals surface area contributed by atoms with Crippen molar-refractivity contribution in [2.45, 2.75) is 23.5 Å². The van der Waals surface area contributed by atoms with Crippen molar-refractivity contribution in [1.29, 1.82) is 0 Å². The number of urea groups is 1. The number of amides is 3. The minimum absolute atomic E-state index is 0.365. The molecule has 0 aliphatic carbocycles. The standard InChI is InChI=1S/C19H20N2O4S/c1-13(18(22)21-19(23)20-14-6-3-2-4-7-14)26-15-8-9-16-17(12-15)25-11-5-10-24-16/h2-4,6-9,12-13H,5,10-11H2,1H3,(H2,20,21,22,23). The maximum absolute atomic E-state index is 12.2. The highest BCUT2D eigenvalue weighted by Crippen LogP contribution is 2.35. The number of ether oxygens (including phenoxy) is 2. The van der Waals surface area contributed by atoms with Gasteiger partial charge >= 0.3 is 6.03 Å². The molecule has 0 fully saturated rings. The summed E-state index contributed by atoms with van der Waals surface area (Å²) in [6.07, 6.45) is 0.840. The molecule has 3 rings (SSSR count). The highest BCUT2D eigenvalue weighted by Gasteiger charge is 2.19. The van der Waals surface area contributed by atoms with Crippen molar-refractivity contribution < 1.29 is 19.1 Å². The molecule has 1 aliphatic rings. The molecule has 0 saturated carbocycles. The van der Waals surface area contributed by atoms with Gasteiger partial charge in [0.2, 0.25) is 5.91 Å². The summed E-state index contributed by atoms with van der Waals surface area (Å²) >= 11 is 1.35. The van der Waals surface area contributed by atoms with E-state index in [2.05, 4.69) is 10.6 Å². The number of rotatable bonds is 4. The first-order chi connectivity index (χ1) is 12.6. The van der Waals surface area contributed by atoms with Gasteiger partial charge in [0.05, 0.1) is 18.5 Å². The quantitative estimate of drug-likeness (QED) is 0.801. The lowest BCUT2D eigenvalue weighted by atomic mass is 10.3. The van der Waals surface area contributed by atoms with Gasteiger partial charge in [-0.1, -0.05) is 18.2 Å². The van der Waals surface area contributed by atoms with Gasteiger partial charge in [0.1, 0.15) is 0 Å². The lowest BCUT2D eigenvalue weighted by Crippen LogP contribution is -2.38. The number of benzene rings is 2. The van der Waals surface area contributed by atoms with Crippen molar-refractivity contribution in [1.82, 2.24) is 5.32 Å². The number of carbonyl (C=O) groups is 2. The van der Waals surface area contributed by atoms with Crippen LogP contribution in [0.2, 0.25) is 0 Å². The van der Waals surface area contributed by atoms with Crippen LogP contribution in [0.1, 0.15) is 13.3 Å².